The number of rotatable bonds is 2. The maximum absolute atomic E-state index is 10.6. The first-order valence-corrected chi connectivity index (χ1v) is 7.19. The number of hydrogen-bond acceptors (Lipinski definition) is 7. The Hall–Kier alpha value is 1.54. The number of fused-ring (bicyclic) bond motifs is 1. The van der Waals surface area contributed by atoms with E-state index < -0.39 is 6.80 Å². The van der Waals surface area contributed by atoms with Gasteiger partial charge >= 0.3 is 59.1 Å². The summed E-state index contributed by atoms with van der Waals surface area (Å²) in [6.45, 7) is -4.61. The van der Waals surface area contributed by atoms with E-state index in [1.54, 1.807) is 12.1 Å². The van der Waals surface area contributed by atoms with E-state index in [0.29, 0.717) is 15.9 Å². The third kappa shape index (κ3) is 4.66. The molecule has 0 spiro atoms. The first-order valence-electron chi connectivity index (χ1n) is 3.49. The van der Waals surface area contributed by atoms with Crippen LogP contribution >= 0.6 is 29.9 Å². The maximum Gasteiger partial charge on any atom is 1.00 e. The van der Waals surface area contributed by atoms with E-state index in [2.05, 4.69) is 8.75 Å². The summed E-state index contributed by atoms with van der Waals surface area (Å²) in [6.07, 6.45) is 0. The van der Waals surface area contributed by atoms with Crippen LogP contribution in [0.15, 0.2) is 23.1 Å². The molecule has 0 aliphatic carbocycles. The molecule has 0 atom stereocenters. The Morgan fingerprint density at radius 3 is 2.56 bits per heavy atom. The van der Waals surface area contributed by atoms with Gasteiger partial charge in [-0.1, -0.05) is 17.4 Å². The first kappa shape index (κ1) is 17.5. The van der Waals surface area contributed by atoms with Crippen molar-refractivity contribution in [1.29, 1.82) is 0 Å². The van der Waals surface area contributed by atoms with Gasteiger partial charge in [0.15, 0.2) is 0 Å². The van der Waals surface area contributed by atoms with Crippen LogP contribution in [0.5, 0.6) is 0 Å². The quantitative estimate of drug-likeness (QED) is 0.405. The Labute approximate surface area is 144 Å². The van der Waals surface area contributed by atoms with Gasteiger partial charge < -0.3 is 14.4 Å². The molecule has 16 heavy (non-hydrogen) atoms. The van der Waals surface area contributed by atoms with Gasteiger partial charge in [-0.15, -0.1) is 0 Å². The standard InChI is InChI=1S/C6H5N2O3PS2.2Na/c9-12(10,11)13-5-3-1-2-4-6(5)8-14-7-4;;/h1-3H,(H2,9,10,11);;/q;2*+1/p-2. The van der Waals surface area contributed by atoms with Gasteiger partial charge in [-0.25, -0.2) is 0 Å². The van der Waals surface area contributed by atoms with Gasteiger partial charge in [-0.2, -0.15) is 8.75 Å². The van der Waals surface area contributed by atoms with E-state index in [1.807, 2.05) is 0 Å². The van der Waals surface area contributed by atoms with Crippen LogP contribution in [0.4, 0.5) is 0 Å². The summed E-state index contributed by atoms with van der Waals surface area (Å²) >= 11 is 1.27. The molecule has 0 saturated heterocycles. The Balaban J connectivity index is 0.00000112. The zero-order chi connectivity index (χ0) is 10.2. The van der Waals surface area contributed by atoms with Crippen molar-refractivity contribution in [1.82, 2.24) is 8.75 Å². The van der Waals surface area contributed by atoms with Crippen molar-refractivity contribution in [2.45, 2.75) is 4.90 Å². The van der Waals surface area contributed by atoms with E-state index in [-0.39, 0.29) is 70.5 Å². The van der Waals surface area contributed by atoms with Gasteiger partial charge in [-0.3, -0.25) is 0 Å². The molecule has 2 rings (SSSR count). The second-order valence-electron chi connectivity index (χ2n) is 2.43. The fraction of sp³-hybridized carbons (Fsp3) is 0. The van der Waals surface area contributed by atoms with Crippen LogP contribution in [0, 0.1) is 0 Å². The van der Waals surface area contributed by atoms with Crippen LogP contribution in [0.2, 0.25) is 0 Å². The van der Waals surface area contributed by atoms with E-state index in [9.17, 15) is 14.4 Å². The Morgan fingerprint density at radius 1 is 1.25 bits per heavy atom. The predicted molar refractivity (Wildman–Crippen MR) is 50.9 cm³/mol. The average Bonchev–Trinajstić information content (AvgIpc) is 2.49. The van der Waals surface area contributed by atoms with Gasteiger partial charge in [-0.05, 0) is 18.9 Å². The van der Waals surface area contributed by atoms with Crippen molar-refractivity contribution in [2.75, 3.05) is 0 Å². The van der Waals surface area contributed by atoms with Gasteiger partial charge in [0.25, 0.3) is 0 Å². The van der Waals surface area contributed by atoms with Gasteiger partial charge in [0.05, 0.1) is 11.7 Å². The van der Waals surface area contributed by atoms with Crippen molar-refractivity contribution in [3.63, 3.8) is 0 Å². The third-order valence-electron chi connectivity index (χ3n) is 1.46. The molecule has 0 aliphatic rings. The second kappa shape index (κ2) is 7.21. The smallest absolute Gasteiger partial charge is 0.803 e. The third-order valence-corrected chi connectivity index (χ3v) is 4.01. The minimum absolute atomic E-state index is 0. The number of hydrogen-bond donors (Lipinski definition) is 0. The molecule has 0 amide bonds. The molecule has 1 aromatic carbocycles. The van der Waals surface area contributed by atoms with Crippen molar-refractivity contribution < 1.29 is 73.5 Å². The molecule has 0 N–H and O–H groups in total. The molecular weight excluding hydrogens is 289 g/mol. The zero-order valence-corrected chi connectivity index (χ0v) is 15.1. The molecule has 0 unspecified atom stereocenters. The molecule has 0 saturated carbocycles. The van der Waals surface area contributed by atoms with Gasteiger partial charge in [0, 0.05) is 4.90 Å². The zero-order valence-electron chi connectivity index (χ0n) is 8.61. The van der Waals surface area contributed by atoms with Crippen LogP contribution < -0.4 is 68.9 Å². The summed E-state index contributed by atoms with van der Waals surface area (Å²) in [5, 5.41) is 0. The molecule has 0 radical (unpaired) electrons. The Bertz CT molecular complexity index is 517. The number of aromatic nitrogens is 2. The topological polar surface area (TPSA) is 89.0 Å². The molecule has 0 fully saturated rings. The molecule has 2 aromatic rings. The van der Waals surface area contributed by atoms with Crippen LogP contribution in [0.1, 0.15) is 0 Å². The van der Waals surface area contributed by atoms with E-state index in [0.717, 1.165) is 11.7 Å². The molecule has 10 heteroatoms. The first-order chi connectivity index (χ1) is 6.56. The van der Waals surface area contributed by atoms with Crippen molar-refractivity contribution >= 4 is 40.9 Å². The molecule has 0 bridgehead atoms. The van der Waals surface area contributed by atoms with Crippen LogP contribution in [-0.2, 0) is 4.57 Å². The fourth-order valence-electron chi connectivity index (χ4n) is 0.975. The van der Waals surface area contributed by atoms with E-state index in [4.69, 9.17) is 0 Å². The summed E-state index contributed by atoms with van der Waals surface area (Å²) in [5.41, 5.74) is 1.07. The Kier molecular flexibility index (Phi) is 7.90. The minimum atomic E-state index is -4.61. The van der Waals surface area contributed by atoms with Gasteiger partial charge in [0.2, 0.25) is 0 Å². The van der Waals surface area contributed by atoms with Gasteiger partial charge in [0.1, 0.15) is 11.0 Å². The normalized spacial score (nSPS) is 10.6. The predicted octanol–water partition coefficient (Wildman–Crippen LogP) is -5.38. The Morgan fingerprint density at radius 2 is 1.94 bits per heavy atom. The molecule has 0 aliphatic heterocycles. The van der Waals surface area contributed by atoms with Crippen molar-refractivity contribution in [2.24, 2.45) is 0 Å². The largest absolute Gasteiger partial charge is 1.00 e. The van der Waals surface area contributed by atoms with E-state index in [1.165, 1.54) is 6.07 Å². The molecule has 1 heterocycles. The summed E-state index contributed by atoms with van der Waals surface area (Å²) in [5.74, 6) is 0. The molecule has 5 nitrogen and oxygen atoms in total. The summed E-state index contributed by atoms with van der Waals surface area (Å²) in [7, 11) is 0. The average molecular weight is 292 g/mol. The van der Waals surface area contributed by atoms with Crippen molar-refractivity contribution in [3.8, 4) is 0 Å². The maximum atomic E-state index is 10.6. The monoisotopic (exact) mass is 292 g/mol. The van der Waals surface area contributed by atoms with E-state index >= 15 is 0 Å². The van der Waals surface area contributed by atoms with Crippen LogP contribution in [0.3, 0.4) is 0 Å². The van der Waals surface area contributed by atoms with Crippen LogP contribution in [0.25, 0.3) is 11.0 Å². The second-order valence-corrected chi connectivity index (χ2v) is 6.36. The molecular formula is C6H3N2Na2O3PS2. The SMILES string of the molecule is O=P([O-])([O-])Sc1cccc2nsnc12.[Na+].[Na+]. The summed E-state index contributed by atoms with van der Waals surface area (Å²) in [6, 6.07) is 4.89. The number of nitrogens with zero attached hydrogens (tertiary/aromatic N) is 2. The molecule has 74 valence electrons. The van der Waals surface area contributed by atoms with Crippen LogP contribution in [-0.4, -0.2) is 8.75 Å². The molecule has 1 aromatic heterocycles. The summed E-state index contributed by atoms with van der Waals surface area (Å²) in [4.78, 5) is 21.5. The van der Waals surface area contributed by atoms with Crippen molar-refractivity contribution in [3.05, 3.63) is 18.2 Å². The summed E-state index contributed by atoms with van der Waals surface area (Å²) < 4.78 is 18.4. The minimum Gasteiger partial charge on any atom is -0.803 e. The number of benzene rings is 1. The fourth-order valence-corrected chi connectivity index (χ4v) is 3.36.